The van der Waals surface area contributed by atoms with Gasteiger partial charge in [0.15, 0.2) is 0 Å². The van der Waals surface area contributed by atoms with Crippen LogP contribution in [0.2, 0.25) is 0 Å². The first kappa shape index (κ1) is 16.1. The Morgan fingerprint density at radius 2 is 1.92 bits per heavy atom. The van der Waals surface area contributed by atoms with Gasteiger partial charge < -0.3 is 15.4 Å². The molecule has 1 aliphatic rings. The van der Waals surface area contributed by atoms with E-state index in [2.05, 4.69) is 20.7 Å². The number of nitrogens with one attached hydrogen (secondary N) is 2. The van der Waals surface area contributed by atoms with Crippen molar-refractivity contribution in [2.45, 2.75) is 19.9 Å². The van der Waals surface area contributed by atoms with Gasteiger partial charge in [-0.3, -0.25) is 0 Å². The van der Waals surface area contributed by atoms with Gasteiger partial charge in [-0.1, -0.05) is 30.3 Å². The number of benzene rings is 2. The molecule has 0 saturated heterocycles. The zero-order valence-corrected chi connectivity index (χ0v) is 14.6. The van der Waals surface area contributed by atoms with Gasteiger partial charge in [-0.05, 0) is 32.0 Å². The summed E-state index contributed by atoms with van der Waals surface area (Å²) in [7, 11) is 0. The van der Waals surface area contributed by atoms with Crippen LogP contribution in [0.1, 0.15) is 23.3 Å². The first-order chi connectivity index (χ1) is 12.6. The van der Waals surface area contributed by atoms with E-state index in [4.69, 9.17) is 4.74 Å². The number of aryl methyl sites for hydroxylation is 2. The molecule has 1 atom stereocenters. The van der Waals surface area contributed by atoms with Gasteiger partial charge in [-0.15, -0.1) is 0 Å². The summed E-state index contributed by atoms with van der Waals surface area (Å²) in [4.78, 5) is 16.9. The molecule has 7 nitrogen and oxygen atoms in total. The third-order valence-corrected chi connectivity index (χ3v) is 4.26. The molecule has 2 heterocycles. The Morgan fingerprint density at radius 1 is 1.15 bits per heavy atom. The third kappa shape index (κ3) is 2.99. The Morgan fingerprint density at radius 3 is 2.73 bits per heavy atom. The number of ether oxygens (including phenoxy) is 1. The van der Waals surface area contributed by atoms with Crippen molar-refractivity contribution in [2.75, 3.05) is 11.9 Å². The van der Waals surface area contributed by atoms with Crippen LogP contribution >= 0.6 is 0 Å². The summed E-state index contributed by atoms with van der Waals surface area (Å²) in [5.74, 6) is 2.25. The van der Waals surface area contributed by atoms with E-state index in [0.717, 1.165) is 22.8 Å². The maximum Gasteiger partial charge on any atom is 0.319 e. The summed E-state index contributed by atoms with van der Waals surface area (Å²) in [5.41, 5.74) is 2.41. The predicted molar refractivity (Wildman–Crippen MR) is 97.7 cm³/mol. The Bertz CT molecular complexity index is 966. The van der Waals surface area contributed by atoms with Crippen molar-refractivity contribution in [3.63, 3.8) is 0 Å². The number of urea groups is 1. The molecule has 0 fully saturated rings. The summed E-state index contributed by atoms with van der Waals surface area (Å²) in [5, 5.41) is 10.3. The molecule has 2 N–H and O–H groups in total. The van der Waals surface area contributed by atoms with E-state index in [1.165, 1.54) is 0 Å². The normalized spacial score (nSPS) is 15.2. The van der Waals surface area contributed by atoms with E-state index in [9.17, 15) is 4.79 Å². The minimum absolute atomic E-state index is 0.172. The molecule has 0 bridgehead atoms. The molecule has 2 amide bonds. The van der Waals surface area contributed by atoms with Gasteiger partial charge in [-0.25, -0.2) is 14.5 Å². The van der Waals surface area contributed by atoms with E-state index >= 15 is 0 Å². The Balaban J connectivity index is 1.53. The van der Waals surface area contributed by atoms with Crippen LogP contribution in [0, 0.1) is 13.8 Å². The number of hydrogen-bond acceptors (Lipinski definition) is 4. The lowest BCUT2D eigenvalue weighted by atomic mass is 10.1. The molecule has 0 spiro atoms. The van der Waals surface area contributed by atoms with Gasteiger partial charge in [0.25, 0.3) is 0 Å². The van der Waals surface area contributed by atoms with Crippen LogP contribution in [-0.2, 0) is 0 Å². The summed E-state index contributed by atoms with van der Waals surface area (Å²) < 4.78 is 7.33. The summed E-state index contributed by atoms with van der Waals surface area (Å²) in [6, 6.07) is 14.7. The summed E-state index contributed by atoms with van der Waals surface area (Å²) >= 11 is 0. The number of amides is 2. The summed E-state index contributed by atoms with van der Waals surface area (Å²) in [6.45, 7) is 4.14. The molecule has 2 aromatic carbocycles. The largest absolute Gasteiger partial charge is 0.491 e. The number of carbonyl (C=O) groups is 1. The van der Waals surface area contributed by atoms with Crippen molar-refractivity contribution < 1.29 is 9.53 Å². The van der Waals surface area contributed by atoms with Gasteiger partial charge in [-0.2, -0.15) is 5.10 Å². The zero-order chi connectivity index (χ0) is 18.1. The van der Waals surface area contributed by atoms with Crippen molar-refractivity contribution >= 4 is 11.7 Å². The number of rotatable bonds is 3. The minimum Gasteiger partial charge on any atom is -0.491 e. The van der Waals surface area contributed by atoms with Crippen LogP contribution in [0.4, 0.5) is 10.5 Å². The second-order valence-electron chi connectivity index (χ2n) is 6.14. The molecule has 1 aliphatic heterocycles. The second kappa shape index (κ2) is 6.51. The van der Waals surface area contributed by atoms with Gasteiger partial charge in [0.2, 0.25) is 0 Å². The van der Waals surface area contributed by atoms with Crippen LogP contribution in [0.5, 0.6) is 5.75 Å². The van der Waals surface area contributed by atoms with Crippen molar-refractivity contribution in [2.24, 2.45) is 0 Å². The average molecular weight is 349 g/mol. The fraction of sp³-hybridized carbons (Fsp3) is 0.211. The van der Waals surface area contributed by atoms with Crippen molar-refractivity contribution in [1.29, 1.82) is 0 Å². The first-order valence-electron chi connectivity index (χ1n) is 8.41. The lowest BCUT2D eigenvalue weighted by Gasteiger charge is -2.15. The van der Waals surface area contributed by atoms with Crippen LogP contribution in [0.3, 0.4) is 0 Å². The first-order valence-corrected chi connectivity index (χ1v) is 8.41. The molecular formula is C19H19N5O2. The standard InChI is InChI=1S/C19H19N5O2/c1-12-20-13(2)24(23-12)17-9-5-4-8-15(17)21-19(25)22-16-11-26-18-10-6-3-7-14(16)18/h3-10,16H,11H2,1-2H3,(H2,21,22,25). The molecule has 0 saturated carbocycles. The van der Waals surface area contributed by atoms with Gasteiger partial charge >= 0.3 is 6.03 Å². The van der Waals surface area contributed by atoms with Gasteiger partial charge in [0.1, 0.15) is 24.0 Å². The molecular weight excluding hydrogens is 330 g/mol. The smallest absolute Gasteiger partial charge is 0.319 e. The fourth-order valence-electron chi connectivity index (χ4n) is 3.11. The molecule has 0 radical (unpaired) electrons. The predicted octanol–water partition coefficient (Wildman–Crippen LogP) is 3.14. The van der Waals surface area contributed by atoms with E-state index in [0.29, 0.717) is 18.1 Å². The molecule has 26 heavy (non-hydrogen) atoms. The van der Waals surface area contributed by atoms with Crippen LogP contribution in [0.25, 0.3) is 5.69 Å². The third-order valence-electron chi connectivity index (χ3n) is 4.26. The van der Waals surface area contributed by atoms with E-state index in [1.54, 1.807) is 4.68 Å². The number of anilines is 1. The molecule has 132 valence electrons. The topological polar surface area (TPSA) is 81.1 Å². The number of fused-ring (bicyclic) bond motifs is 1. The Kier molecular flexibility index (Phi) is 4.04. The monoisotopic (exact) mass is 349 g/mol. The molecule has 1 aromatic heterocycles. The maximum atomic E-state index is 12.5. The number of para-hydroxylation sites is 3. The number of aromatic nitrogens is 3. The van der Waals surface area contributed by atoms with E-state index in [-0.39, 0.29) is 12.1 Å². The lowest BCUT2D eigenvalue weighted by Crippen LogP contribution is -2.33. The molecule has 3 aromatic rings. The molecule has 0 aliphatic carbocycles. The van der Waals surface area contributed by atoms with Gasteiger partial charge in [0, 0.05) is 5.56 Å². The van der Waals surface area contributed by atoms with Crippen molar-refractivity contribution in [3.8, 4) is 11.4 Å². The minimum atomic E-state index is -0.294. The fourth-order valence-corrected chi connectivity index (χ4v) is 3.11. The highest BCUT2D eigenvalue weighted by Gasteiger charge is 2.25. The maximum absolute atomic E-state index is 12.5. The van der Waals surface area contributed by atoms with Crippen molar-refractivity contribution in [3.05, 3.63) is 65.7 Å². The molecule has 7 heteroatoms. The lowest BCUT2D eigenvalue weighted by molar-refractivity contribution is 0.243. The highest BCUT2D eigenvalue weighted by molar-refractivity contribution is 5.91. The highest BCUT2D eigenvalue weighted by atomic mass is 16.5. The molecule has 1 unspecified atom stereocenters. The number of nitrogens with zero attached hydrogens (tertiary/aromatic N) is 3. The van der Waals surface area contributed by atoms with Crippen LogP contribution < -0.4 is 15.4 Å². The quantitative estimate of drug-likeness (QED) is 0.761. The van der Waals surface area contributed by atoms with Crippen LogP contribution in [-0.4, -0.2) is 27.4 Å². The Hall–Kier alpha value is -3.35. The van der Waals surface area contributed by atoms with Crippen LogP contribution in [0.15, 0.2) is 48.5 Å². The summed E-state index contributed by atoms with van der Waals surface area (Å²) in [6.07, 6.45) is 0. The highest BCUT2D eigenvalue weighted by Crippen LogP contribution is 2.31. The molecule has 4 rings (SSSR count). The zero-order valence-electron chi connectivity index (χ0n) is 14.6. The van der Waals surface area contributed by atoms with E-state index < -0.39 is 0 Å². The van der Waals surface area contributed by atoms with E-state index in [1.807, 2.05) is 62.4 Å². The van der Waals surface area contributed by atoms with Crippen molar-refractivity contribution in [1.82, 2.24) is 20.1 Å². The number of carbonyl (C=O) groups excluding carboxylic acids is 1. The SMILES string of the molecule is Cc1nc(C)n(-c2ccccc2NC(=O)NC2COc3ccccc32)n1. The second-order valence-corrected chi connectivity index (χ2v) is 6.14. The number of hydrogen-bond donors (Lipinski definition) is 2. The average Bonchev–Trinajstić information content (AvgIpc) is 3.18. The van der Waals surface area contributed by atoms with Gasteiger partial charge in [0.05, 0.1) is 17.4 Å². The Labute approximate surface area is 151 Å².